The van der Waals surface area contributed by atoms with Gasteiger partial charge in [-0.2, -0.15) is 0 Å². The molecule has 5 nitrogen and oxygen atoms in total. The van der Waals surface area contributed by atoms with Gasteiger partial charge in [0.05, 0.1) is 5.71 Å². The van der Waals surface area contributed by atoms with Crippen LogP contribution in [0.4, 0.5) is 4.79 Å². The van der Waals surface area contributed by atoms with E-state index in [-0.39, 0.29) is 6.09 Å². The molecule has 0 spiro atoms. The van der Waals surface area contributed by atoms with Crippen molar-refractivity contribution in [3.05, 3.63) is 12.7 Å². The third kappa shape index (κ3) is 5.21. The van der Waals surface area contributed by atoms with Crippen LogP contribution in [-0.4, -0.2) is 42.0 Å². The molecule has 0 aromatic rings. The molecule has 1 heterocycles. The minimum atomic E-state index is -0.446. The fourth-order valence-electron chi connectivity index (χ4n) is 1.55. The minimum Gasteiger partial charge on any atom is -0.444 e. The summed E-state index contributed by atoms with van der Waals surface area (Å²) in [5.41, 5.74) is 0.537. The Morgan fingerprint density at radius 1 is 1.44 bits per heavy atom. The Hall–Kier alpha value is -1.52. The Balaban J connectivity index is 2.37. The Kier molecular flexibility index (Phi) is 5.19. The van der Waals surface area contributed by atoms with Gasteiger partial charge in [-0.25, -0.2) is 4.79 Å². The largest absolute Gasteiger partial charge is 0.444 e. The molecule has 1 amide bonds. The highest BCUT2D eigenvalue weighted by Crippen LogP contribution is 2.14. The summed E-state index contributed by atoms with van der Waals surface area (Å²) in [4.78, 5) is 18.5. The van der Waals surface area contributed by atoms with Gasteiger partial charge in [0, 0.05) is 25.9 Å². The first-order chi connectivity index (χ1) is 8.42. The first-order valence-electron chi connectivity index (χ1n) is 6.19. The second-order valence-electron chi connectivity index (χ2n) is 5.21. The maximum absolute atomic E-state index is 11.8. The zero-order chi connectivity index (χ0) is 13.6. The number of likely N-dealkylation sites (tertiary alicyclic amines) is 1. The predicted molar refractivity (Wildman–Crippen MR) is 70.6 cm³/mol. The lowest BCUT2D eigenvalue weighted by atomic mass is 10.1. The predicted octanol–water partition coefficient (Wildman–Crippen LogP) is 2.58. The summed E-state index contributed by atoms with van der Waals surface area (Å²) in [5, 5.41) is 4.01. The molecule has 0 radical (unpaired) electrons. The van der Waals surface area contributed by atoms with Crippen molar-refractivity contribution in [1.29, 1.82) is 0 Å². The normalized spacial score (nSPS) is 16.2. The average Bonchev–Trinajstić information content (AvgIpc) is 2.28. The number of hydrogen-bond donors (Lipinski definition) is 0. The standard InChI is InChI=1S/C13H22N2O3/c1-5-10-17-14-11-6-8-15(9-7-11)12(16)18-13(2,3)4/h5H,1,6-10H2,2-4H3. The van der Waals surface area contributed by atoms with E-state index in [1.54, 1.807) is 11.0 Å². The van der Waals surface area contributed by atoms with Crippen molar-refractivity contribution < 1.29 is 14.4 Å². The van der Waals surface area contributed by atoms with Crippen molar-refractivity contribution in [3.63, 3.8) is 0 Å². The molecule has 0 bridgehead atoms. The topological polar surface area (TPSA) is 51.1 Å². The molecule has 0 aromatic heterocycles. The summed E-state index contributed by atoms with van der Waals surface area (Å²) in [6, 6.07) is 0. The van der Waals surface area contributed by atoms with E-state index in [0.29, 0.717) is 19.7 Å². The maximum atomic E-state index is 11.8. The molecule has 1 saturated heterocycles. The fourth-order valence-corrected chi connectivity index (χ4v) is 1.55. The zero-order valence-corrected chi connectivity index (χ0v) is 11.4. The molecule has 0 aromatic carbocycles. The maximum Gasteiger partial charge on any atom is 0.410 e. The van der Waals surface area contributed by atoms with Crippen LogP contribution in [0.1, 0.15) is 33.6 Å². The van der Waals surface area contributed by atoms with Gasteiger partial charge in [0.2, 0.25) is 0 Å². The molecule has 0 unspecified atom stereocenters. The number of rotatable bonds is 3. The van der Waals surface area contributed by atoms with Crippen LogP contribution in [-0.2, 0) is 9.57 Å². The van der Waals surface area contributed by atoms with E-state index in [9.17, 15) is 4.79 Å². The third-order valence-electron chi connectivity index (χ3n) is 2.38. The summed E-state index contributed by atoms with van der Waals surface area (Å²) in [6.45, 7) is 10.8. The van der Waals surface area contributed by atoms with Gasteiger partial charge in [0.1, 0.15) is 12.2 Å². The Labute approximate surface area is 108 Å². The van der Waals surface area contributed by atoms with Crippen LogP contribution >= 0.6 is 0 Å². The summed E-state index contributed by atoms with van der Waals surface area (Å²) in [6.07, 6.45) is 2.86. The monoisotopic (exact) mass is 254 g/mol. The smallest absolute Gasteiger partial charge is 0.410 e. The first-order valence-corrected chi connectivity index (χ1v) is 6.19. The number of ether oxygens (including phenoxy) is 1. The highest BCUT2D eigenvalue weighted by Gasteiger charge is 2.25. The van der Waals surface area contributed by atoms with E-state index >= 15 is 0 Å². The third-order valence-corrected chi connectivity index (χ3v) is 2.38. The van der Waals surface area contributed by atoms with Crippen molar-refractivity contribution >= 4 is 11.8 Å². The number of carbonyl (C=O) groups is 1. The minimum absolute atomic E-state index is 0.256. The second kappa shape index (κ2) is 6.42. The van der Waals surface area contributed by atoms with E-state index in [1.165, 1.54) is 0 Å². The van der Waals surface area contributed by atoms with Crippen LogP contribution in [0.3, 0.4) is 0 Å². The van der Waals surface area contributed by atoms with E-state index < -0.39 is 5.60 Å². The molecule has 0 aliphatic carbocycles. The SMILES string of the molecule is C=CCON=C1CCN(C(=O)OC(C)(C)C)CC1. The molecule has 0 N–H and O–H groups in total. The molecule has 1 aliphatic rings. The number of oxime groups is 1. The van der Waals surface area contributed by atoms with Gasteiger partial charge >= 0.3 is 6.09 Å². The van der Waals surface area contributed by atoms with Gasteiger partial charge in [0.25, 0.3) is 0 Å². The highest BCUT2D eigenvalue weighted by molar-refractivity contribution is 5.86. The number of piperidine rings is 1. The molecule has 102 valence electrons. The van der Waals surface area contributed by atoms with Crippen LogP contribution in [0.2, 0.25) is 0 Å². The molecule has 0 saturated carbocycles. The average molecular weight is 254 g/mol. The quantitative estimate of drug-likeness (QED) is 0.442. The Morgan fingerprint density at radius 3 is 2.56 bits per heavy atom. The van der Waals surface area contributed by atoms with E-state index in [2.05, 4.69) is 11.7 Å². The molecule has 18 heavy (non-hydrogen) atoms. The van der Waals surface area contributed by atoms with Crippen molar-refractivity contribution in [3.8, 4) is 0 Å². The number of nitrogens with zero attached hydrogens (tertiary/aromatic N) is 2. The van der Waals surface area contributed by atoms with Gasteiger partial charge in [-0.1, -0.05) is 17.8 Å². The number of amides is 1. The molecular weight excluding hydrogens is 232 g/mol. The van der Waals surface area contributed by atoms with Crippen molar-refractivity contribution in [2.45, 2.75) is 39.2 Å². The Morgan fingerprint density at radius 2 is 2.06 bits per heavy atom. The first kappa shape index (κ1) is 14.5. The lowest BCUT2D eigenvalue weighted by Crippen LogP contribution is -2.41. The van der Waals surface area contributed by atoms with Gasteiger partial charge in [-0.15, -0.1) is 0 Å². The molecule has 5 heteroatoms. The summed E-state index contributed by atoms with van der Waals surface area (Å²) in [5.74, 6) is 0. The van der Waals surface area contributed by atoms with Gasteiger partial charge in [-0.3, -0.25) is 0 Å². The van der Waals surface area contributed by atoms with E-state index in [4.69, 9.17) is 9.57 Å². The molecule has 1 aliphatic heterocycles. The van der Waals surface area contributed by atoms with Crippen LogP contribution in [0.25, 0.3) is 0 Å². The van der Waals surface area contributed by atoms with Crippen LogP contribution in [0.15, 0.2) is 17.8 Å². The highest BCUT2D eigenvalue weighted by atomic mass is 16.6. The number of carbonyl (C=O) groups excluding carboxylic acids is 1. The fraction of sp³-hybridized carbons (Fsp3) is 0.692. The molecule has 1 rings (SSSR count). The lowest BCUT2D eigenvalue weighted by molar-refractivity contribution is 0.0247. The van der Waals surface area contributed by atoms with Crippen molar-refractivity contribution in [2.75, 3.05) is 19.7 Å². The Bertz CT molecular complexity index is 322. The summed E-state index contributed by atoms with van der Waals surface area (Å²) >= 11 is 0. The summed E-state index contributed by atoms with van der Waals surface area (Å²) in [7, 11) is 0. The van der Waals surface area contributed by atoms with Gasteiger partial charge in [-0.05, 0) is 20.8 Å². The zero-order valence-electron chi connectivity index (χ0n) is 11.4. The van der Waals surface area contributed by atoms with E-state index in [1.807, 2.05) is 20.8 Å². The van der Waals surface area contributed by atoms with Gasteiger partial charge in [0.15, 0.2) is 0 Å². The van der Waals surface area contributed by atoms with Crippen molar-refractivity contribution in [2.24, 2.45) is 5.16 Å². The number of hydrogen-bond acceptors (Lipinski definition) is 4. The second-order valence-corrected chi connectivity index (χ2v) is 5.21. The molecule has 1 fully saturated rings. The van der Waals surface area contributed by atoms with Gasteiger partial charge < -0.3 is 14.5 Å². The van der Waals surface area contributed by atoms with Crippen LogP contribution < -0.4 is 0 Å². The molecular formula is C13H22N2O3. The van der Waals surface area contributed by atoms with Crippen LogP contribution in [0, 0.1) is 0 Å². The van der Waals surface area contributed by atoms with Crippen molar-refractivity contribution in [1.82, 2.24) is 4.90 Å². The molecule has 0 atom stereocenters. The lowest BCUT2D eigenvalue weighted by Gasteiger charge is -2.30. The van der Waals surface area contributed by atoms with E-state index in [0.717, 1.165) is 18.6 Å². The van der Waals surface area contributed by atoms with Crippen LogP contribution in [0.5, 0.6) is 0 Å². The summed E-state index contributed by atoms with van der Waals surface area (Å²) < 4.78 is 5.31.